The largest absolute Gasteiger partial charge is 0.369 e. The Balaban J connectivity index is 2.73. The molecule has 2 atom stereocenters. The van der Waals surface area contributed by atoms with Crippen molar-refractivity contribution in [2.75, 3.05) is 7.11 Å². The fourth-order valence-corrected chi connectivity index (χ4v) is 1.77. The van der Waals surface area contributed by atoms with Crippen LogP contribution >= 0.6 is 0 Å². The fourth-order valence-electron chi connectivity index (χ4n) is 1.77. The number of nitrogens with one attached hydrogen (secondary N) is 1. The third-order valence-corrected chi connectivity index (χ3v) is 3.67. The molecule has 0 aromatic heterocycles. The predicted octanol–water partition coefficient (Wildman–Crippen LogP) is 2.14. The molecule has 4 heteroatoms. The number of ether oxygens (including phenoxy) is 1. The first-order valence-electron chi connectivity index (χ1n) is 6.62. The molecule has 19 heavy (non-hydrogen) atoms. The van der Waals surface area contributed by atoms with Crippen LogP contribution in [0.3, 0.4) is 0 Å². The molecule has 0 spiro atoms. The van der Waals surface area contributed by atoms with Crippen molar-refractivity contribution in [2.45, 2.75) is 45.4 Å². The molecule has 2 unspecified atom stereocenters. The molecule has 1 amide bonds. The molecular formula is C15H24N2O2. The summed E-state index contributed by atoms with van der Waals surface area (Å²) < 4.78 is 5.29. The highest BCUT2D eigenvalue weighted by molar-refractivity contribution is 5.85. The van der Waals surface area contributed by atoms with Gasteiger partial charge >= 0.3 is 0 Å². The van der Waals surface area contributed by atoms with Crippen molar-refractivity contribution in [1.82, 2.24) is 5.32 Å². The monoisotopic (exact) mass is 264 g/mol. The summed E-state index contributed by atoms with van der Waals surface area (Å²) in [5.41, 5.74) is 6.93. The lowest BCUT2D eigenvalue weighted by molar-refractivity contribution is -0.142. The molecule has 0 heterocycles. The van der Waals surface area contributed by atoms with Gasteiger partial charge in [-0.05, 0) is 31.4 Å². The van der Waals surface area contributed by atoms with Crippen molar-refractivity contribution in [3.05, 3.63) is 35.4 Å². The molecule has 1 rings (SSSR count). The normalized spacial score (nSPS) is 15.6. The van der Waals surface area contributed by atoms with Gasteiger partial charge in [0.15, 0.2) is 0 Å². The van der Waals surface area contributed by atoms with Crippen molar-refractivity contribution in [1.29, 1.82) is 0 Å². The highest BCUT2D eigenvalue weighted by Gasteiger charge is 2.31. The van der Waals surface area contributed by atoms with E-state index in [1.807, 2.05) is 38.1 Å². The summed E-state index contributed by atoms with van der Waals surface area (Å²) in [6.45, 7) is 6.22. The van der Waals surface area contributed by atoms with Gasteiger partial charge in [0.1, 0.15) is 5.60 Å². The molecule has 1 aromatic rings. The number of carbonyl (C=O) groups excluding carboxylic acids is 1. The highest BCUT2D eigenvalue weighted by atomic mass is 16.5. The highest BCUT2D eigenvalue weighted by Crippen LogP contribution is 2.18. The van der Waals surface area contributed by atoms with Crippen molar-refractivity contribution < 1.29 is 9.53 Å². The summed E-state index contributed by atoms with van der Waals surface area (Å²) in [6.07, 6.45) is 0.633. The Morgan fingerprint density at radius 2 is 2.00 bits per heavy atom. The summed E-state index contributed by atoms with van der Waals surface area (Å²) in [5, 5.41) is 2.98. The van der Waals surface area contributed by atoms with Crippen LogP contribution in [0.2, 0.25) is 0 Å². The second-order valence-electron chi connectivity index (χ2n) is 4.93. The van der Waals surface area contributed by atoms with Crippen LogP contribution in [-0.2, 0) is 16.1 Å². The van der Waals surface area contributed by atoms with Gasteiger partial charge in [-0.3, -0.25) is 4.79 Å². The van der Waals surface area contributed by atoms with Gasteiger partial charge in [0.25, 0.3) is 5.91 Å². The summed E-state index contributed by atoms with van der Waals surface area (Å²) in [7, 11) is 1.56. The van der Waals surface area contributed by atoms with E-state index < -0.39 is 5.60 Å². The Hall–Kier alpha value is -1.39. The molecule has 0 fully saturated rings. The molecule has 3 N–H and O–H groups in total. The first kappa shape index (κ1) is 15.7. The number of rotatable bonds is 6. The van der Waals surface area contributed by atoms with Crippen LogP contribution in [0.1, 0.15) is 44.4 Å². The second-order valence-corrected chi connectivity index (χ2v) is 4.93. The van der Waals surface area contributed by atoms with Crippen molar-refractivity contribution in [2.24, 2.45) is 5.73 Å². The van der Waals surface area contributed by atoms with E-state index in [0.717, 1.165) is 11.1 Å². The summed E-state index contributed by atoms with van der Waals surface area (Å²) in [5.74, 6) is -0.0899. The second kappa shape index (κ2) is 6.68. The molecule has 106 valence electrons. The molecule has 0 aliphatic rings. The number of nitrogens with two attached hydrogens (primary N) is 1. The van der Waals surface area contributed by atoms with Crippen molar-refractivity contribution in [3.8, 4) is 0 Å². The number of methoxy groups -OCH3 is 1. The Morgan fingerprint density at radius 1 is 1.42 bits per heavy atom. The van der Waals surface area contributed by atoms with Gasteiger partial charge in [0, 0.05) is 13.7 Å². The van der Waals surface area contributed by atoms with E-state index >= 15 is 0 Å². The third-order valence-electron chi connectivity index (χ3n) is 3.67. The summed E-state index contributed by atoms with van der Waals surface area (Å²) in [4.78, 5) is 12.2. The molecule has 0 saturated carbocycles. The molecule has 0 aliphatic carbocycles. The van der Waals surface area contributed by atoms with E-state index in [9.17, 15) is 4.79 Å². The quantitative estimate of drug-likeness (QED) is 0.827. The molecule has 0 aliphatic heterocycles. The van der Waals surface area contributed by atoms with E-state index in [2.05, 4.69) is 5.32 Å². The van der Waals surface area contributed by atoms with Gasteiger partial charge in [0.05, 0.1) is 6.04 Å². The molecule has 0 saturated heterocycles. The van der Waals surface area contributed by atoms with Crippen LogP contribution in [0.15, 0.2) is 24.3 Å². The van der Waals surface area contributed by atoms with E-state index in [1.54, 1.807) is 14.0 Å². The van der Waals surface area contributed by atoms with Crippen LogP contribution < -0.4 is 11.1 Å². The number of benzene rings is 1. The summed E-state index contributed by atoms with van der Waals surface area (Å²) >= 11 is 0. The van der Waals surface area contributed by atoms with Gasteiger partial charge in [-0.2, -0.15) is 0 Å². The number of hydrogen-bond acceptors (Lipinski definition) is 3. The average Bonchev–Trinajstić information content (AvgIpc) is 2.46. The zero-order valence-electron chi connectivity index (χ0n) is 12.2. The van der Waals surface area contributed by atoms with E-state index in [0.29, 0.717) is 13.0 Å². The molecule has 0 bridgehead atoms. The van der Waals surface area contributed by atoms with E-state index in [-0.39, 0.29) is 11.9 Å². The Labute approximate surface area is 115 Å². The standard InChI is InChI=1S/C15H24N2O2/c1-5-15(3,19-4)14(18)17-11(2)13-8-6-12(10-16)7-9-13/h6-9,11H,5,10,16H2,1-4H3,(H,17,18). The van der Waals surface area contributed by atoms with Crippen LogP contribution in [0, 0.1) is 0 Å². The van der Waals surface area contributed by atoms with Gasteiger partial charge in [-0.15, -0.1) is 0 Å². The lowest BCUT2D eigenvalue weighted by Gasteiger charge is -2.27. The summed E-state index contributed by atoms with van der Waals surface area (Å²) in [6, 6.07) is 7.88. The van der Waals surface area contributed by atoms with Gasteiger partial charge < -0.3 is 15.8 Å². The Bertz CT molecular complexity index is 411. The maximum absolute atomic E-state index is 12.2. The lowest BCUT2D eigenvalue weighted by atomic mass is 10.0. The molecule has 0 radical (unpaired) electrons. The average molecular weight is 264 g/mol. The lowest BCUT2D eigenvalue weighted by Crippen LogP contribution is -2.46. The van der Waals surface area contributed by atoms with Crippen LogP contribution in [0.4, 0.5) is 0 Å². The zero-order chi connectivity index (χ0) is 14.5. The van der Waals surface area contributed by atoms with Crippen LogP contribution in [0.5, 0.6) is 0 Å². The van der Waals surface area contributed by atoms with E-state index in [4.69, 9.17) is 10.5 Å². The van der Waals surface area contributed by atoms with Gasteiger partial charge in [0.2, 0.25) is 0 Å². The first-order valence-corrected chi connectivity index (χ1v) is 6.62. The topological polar surface area (TPSA) is 64.3 Å². The number of amides is 1. The van der Waals surface area contributed by atoms with Gasteiger partial charge in [-0.1, -0.05) is 31.2 Å². The maximum atomic E-state index is 12.2. The SMILES string of the molecule is CCC(C)(OC)C(=O)NC(C)c1ccc(CN)cc1. The van der Waals surface area contributed by atoms with Crippen LogP contribution in [0.25, 0.3) is 0 Å². The maximum Gasteiger partial charge on any atom is 0.252 e. The minimum Gasteiger partial charge on any atom is -0.369 e. The molecule has 4 nitrogen and oxygen atoms in total. The third kappa shape index (κ3) is 3.78. The first-order chi connectivity index (χ1) is 8.96. The number of hydrogen-bond donors (Lipinski definition) is 2. The predicted molar refractivity (Wildman–Crippen MR) is 76.6 cm³/mol. The van der Waals surface area contributed by atoms with Crippen molar-refractivity contribution in [3.63, 3.8) is 0 Å². The molecule has 1 aromatic carbocycles. The van der Waals surface area contributed by atoms with Crippen molar-refractivity contribution >= 4 is 5.91 Å². The fraction of sp³-hybridized carbons (Fsp3) is 0.533. The Kier molecular flexibility index (Phi) is 5.51. The smallest absolute Gasteiger partial charge is 0.252 e. The Morgan fingerprint density at radius 3 is 2.42 bits per heavy atom. The minimum absolute atomic E-state index is 0.0552. The zero-order valence-corrected chi connectivity index (χ0v) is 12.2. The van der Waals surface area contributed by atoms with E-state index in [1.165, 1.54) is 0 Å². The minimum atomic E-state index is -0.772. The van der Waals surface area contributed by atoms with Crippen LogP contribution in [-0.4, -0.2) is 18.6 Å². The van der Waals surface area contributed by atoms with Gasteiger partial charge in [-0.25, -0.2) is 0 Å². The number of carbonyl (C=O) groups is 1. The molecular weight excluding hydrogens is 240 g/mol.